The van der Waals surface area contributed by atoms with Crippen LogP contribution in [0, 0.1) is 0 Å². The van der Waals surface area contributed by atoms with Crippen molar-refractivity contribution < 1.29 is 4.79 Å². The van der Waals surface area contributed by atoms with Crippen molar-refractivity contribution in [2.75, 3.05) is 13.1 Å². The lowest BCUT2D eigenvalue weighted by atomic mass is 10.0. The third kappa shape index (κ3) is 3.40. The van der Waals surface area contributed by atoms with Gasteiger partial charge in [0, 0.05) is 19.2 Å². The van der Waals surface area contributed by atoms with Crippen LogP contribution in [0.2, 0.25) is 0 Å². The maximum Gasteiger partial charge on any atom is 0.267 e. The summed E-state index contributed by atoms with van der Waals surface area (Å²) in [5.41, 5.74) is 2.27. The van der Waals surface area contributed by atoms with E-state index in [1.54, 1.807) is 10.7 Å². The number of carbonyl (C=O) groups is 1. The Bertz CT molecular complexity index is 805. The molecule has 1 fully saturated rings. The molecule has 1 aliphatic heterocycles. The zero-order chi connectivity index (χ0) is 17.2. The number of rotatable bonds is 2. The summed E-state index contributed by atoms with van der Waals surface area (Å²) in [5, 5.41) is 6.65. The fraction of sp³-hybridized carbons (Fsp3) is 0.526. The molecule has 4 rings (SSSR count). The van der Waals surface area contributed by atoms with E-state index in [0.717, 1.165) is 54.7 Å². The minimum Gasteiger partial charge on any atom is -0.338 e. The third-order valence-corrected chi connectivity index (χ3v) is 6.17. The van der Waals surface area contributed by atoms with Crippen LogP contribution in [0.3, 0.4) is 0 Å². The molecule has 0 aromatic carbocycles. The van der Waals surface area contributed by atoms with Gasteiger partial charge < -0.3 is 4.90 Å². The Labute approximate surface area is 151 Å². The fourth-order valence-corrected chi connectivity index (χ4v) is 4.58. The van der Waals surface area contributed by atoms with Gasteiger partial charge in [0.15, 0.2) is 0 Å². The van der Waals surface area contributed by atoms with Crippen LogP contribution in [0.15, 0.2) is 28.4 Å². The maximum atomic E-state index is 12.5. The average Bonchev–Trinajstić information content (AvgIpc) is 3.08. The van der Waals surface area contributed by atoms with Crippen molar-refractivity contribution in [3.63, 3.8) is 0 Å². The van der Waals surface area contributed by atoms with Gasteiger partial charge in [0.2, 0.25) is 0 Å². The third-order valence-electron chi connectivity index (χ3n) is 5.31. The Kier molecular flexibility index (Phi) is 4.70. The number of likely N-dealkylation sites (tertiary alicyclic amines) is 1. The van der Waals surface area contributed by atoms with Crippen molar-refractivity contribution >= 4 is 17.2 Å². The molecule has 1 aliphatic carbocycles. The number of aryl methyl sites for hydroxylation is 2. The summed E-state index contributed by atoms with van der Waals surface area (Å²) < 4.78 is 1.69. The molecule has 0 saturated carbocycles. The number of amides is 1. The van der Waals surface area contributed by atoms with Gasteiger partial charge in [-0.05, 0) is 55.5 Å². The Hall–Kier alpha value is -1.95. The molecule has 1 amide bonds. The Morgan fingerprint density at radius 1 is 1.16 bits per heavy atom. The molecule has 0 atom stereocenters. The lowest BCUT2D eigenvalue weighted by molar-refractivity contribution is 0.0692. The summed E-state index contributed by atoms with van der Waals surface area (Å²) in [6, 6.07) is 5.69. The molecule has 2 aromatic rings. The highest BCUT2D eigenvalue weighted by Gasteiger charge is 2.26. The molecule has 0 N–H and O–H groups in total. The molecule has 25 heavy (non-hydrogen) atoms. The van der Waals surface area contributed by atoms with E-state index in [0.29, 0.717) is 13.1 Å². The second-order valence-corrected chi connectivity index (χ2v) is 7.91. The van der Waals surface area contributed by atoms with Crippen LogP contribution in [-0.2, 0) is 12.8 Å². The standard InChI is InChI=1S/C19H23N3O2S/c23-18-13-14-5-2-1-3-6-16(14)20-22(18)15-8-10-21(11-9-15)19(24)17-7-4-12-25-17/h4,7,12-13,15H,1-3,5-6,8-11H2. The van der Waals surface area contributed by atoms with Gasteiger partial charge in [0.05, 0.1) is 16.6 Å². The molecule has 5 nitrogen and oxygen atoms in total. The number of thiophene rings is 1. The van der Waals surface area contributed by atoms with E-state index in [-0.39, 0.29) is 17.5 Å². The summed E-state index contributed by atoms with van der Waals surface area (Å²) >= 11 is 1.48. The first kappa shape index (κ1) is 16.5. The van der Waals surface area contributed by atoms with E-state index in [4.69, 9.17) is 5.10 Å². The van der Waals surface area contributed by atoms with Gasteiger partial charge in [-0.25, -0.2) is 4.68 Å². The van der Waals surface area contributed by atoms with Crippen LogP contribution in [0.5, 0.6) is 0 Å². The zero-order valence-corrected chi connectivity index (χ0v) is 15.1. The minimum absolute atomic E-state index is 0.0173. The van der Waals surface area contributed by atoms with Crippen molar-refractivity contribution in [1.29, 1.82) is 0 Å². The molecular formula is C19H23N3O2S. The predicted molar refractivity (Wildman–Crippen MR) is 98.2 cm³/mol. The fourth-order valence-electron chi connectivity index (χ4n) is 3.88. The first-order chi connectivity index (χ1) is 12.2. The zero-order valence-electron chi connectivity index (χ0n) is 14.3. The second kappa shape index (κ2) is 7.12. The molecule has 2 aromatic heterocycles. The molecule has 0 spiro atoms. The van der Waals surface area contributed by atoms with E-state index in [1.807, 2.05) is 22.4 Å². The molecule has 1 saturated heterocycles. The van der Waals surface area contributed by atoms with E-state index in [2.05, 4.69) is 0 Å². The lowest BCUT2D eigenvalue weighted by Crippen LogP contribution is -2.41. The molecule has 0 radical (unpaired) electrons. The molecule has 0 bridgehead atoms. The Morgan fingerprint density at radius 2 is 1.96 bits per heavy atom. The van der Waals surface area contributed by atoms with E-state index >= 15 is 0 Å². The topological polar surface area (TPSA) is 55.2 Å². The highest BCUT2D eigenvalue weighted by Crippen LogP contribution is 2.24. The number of fused-ring (bicyclic) bond motifs is 1. The Morgan fingerprint density at radius 3 is 2.72 bits per heavy atom. The molecular weight excluding hydrogens is 334 g/mol. The Balaban J connectivity index is 1.48. The van der Waals surface area contributed by atoms with Crippen molar-refractivity contribution in [3.05, 3.63) is 50.1 Å². The second-order valence-electron chi connectivity index (χ2n) is 6.96. The van der Waals surface area contributed by atoms with Gasteiger partial charge in [0.1, 0.15) is 0 Å². The normalized spacial score (nSPS) is 18.6. The first-order valence-electron chi connectivity index (χ1n) is 9.17. The highest BCUT2D eigenvalue weighted by atomic mass is 32.1. The van der Waals surface area contributed by atoms with Crippen molar-refractivity contribution in [1.82, 2.24) is 14.7 Å². The van der Waals surface area contributed by atoms with Crippen LogP contribution in [0.1, 0.15) is 59.1 Å². The molecule has 6 heteroatoms. The number of hydrogen-bond donors (Lipinski definition) is 0. The number of nitrogens with zero attached hydrogens (tertiary/aromatic N) is 3. The summed E-state index contributed by atoms with van der Waals surface area (Å²) in [7, 11) is 0. The summed E-state index contributed by atoms with van der Waals surface area (Å²) in [5.74, 6) is 0.107. The average molecular weight is 357 g/mol. The number of aromatic nitrogens is 2. The predicted octanol–water partition coefficient (Wildman–Crippen LogP) is 3.05. The van der Waals surface area contributed by atoms with Crippen molar-refractivity contribution in [3.8, 4) is 0 Å². The largest absolute Gasteiger partial charge is 0.338 e. The molecule has 3 heterocycles. The van der Waals surface area contributed by atoms with Crippen LogP contribution < -0.4 is 5.56 Å². The van der Waals surface area contributed by atoms with Crippen LogP contribution in [-0.4, -0.2) is 33.7 Å². The molecule has 132 valence electrons. The van der Waals surface area contributed by atoms with Gasteiger partial charge >= 0.3 is 0 Å². The highest BCUT2D eigenvalue weighted by molar-refractivity contribution is 7.12. The lowest BCUT2D eigenvalue weighted by Gasteiger charge is -2.32. The van der Waals surface area contributed by atoms with E-state index < -0.39 is 0 Å². The van der Waals surface area contributed by atoms with Crippen molar-refractivity contribution in [2.45, 2.75) is 51.0 Å². The number of hydrogen-bond acceptors (Lipinski definition) is 4. The molecule has 2 aliphatic rings. The number of piperidine rings is 1. The van der Waals surface area contributed by atoms with Crippen LogP contribution in [0.25, 0.3) is 0 Å². The SMILES string of the molecule is O=C(c1cccs1)N1CCC(n2nc3c(cc2=O)CCCCC3)CC1. The van der Waals surface area contributed by atoms with Gasteiger partial charge in [-0.3, -0.25) is 9.59 Å². The monoisotopic (exact) mass is 357 g/mol. The van der Waals surface area contributed by atoms with Gasteiger partial charge in [0.25, 0.3) is 11.5 Å². The van der Waals surface area contributed by atoms with Crippen LogP contribution in [0.4, 0.5) is 0 Å². The van der Waals surface area contributed by atoms with Crippen molar-refractivity contribution in [2.24, 2.45) is 0 Å². The minimum atomic E-state index is 0.0173. The summed E-state index contributed by atoms with van der Waals surface area (Å²) in [4.78, 5) is 27.7. The van der Waals surface area contributed by atoms with Gasteiger partial charge in [-0.15, -0.1) is 11.3 Å². The molecule has 0 unspecified atom stereocenters. The van der Waals surface area contributed by atoms with E-state index in [1.165, 1.54) is 17.8 Å². The maximum absolute atomic E-state index is 12.5. The van der Waals surface area contributed by atoms with Gasteiger partial charge in [-0.2, -0.15) is 5.10 Å². The van der Waals surface area contributed by atoms with E-state index in [9.17, 15) is 9.59 Å². The van der Waals surface area contributed by atoms with Crippen LogP contribution >= 0.6 is 11.3 Å². The quantitative estimate of drug-likeness (QED) is 0.776. The first-order valence-corrected chi connectivity index (χ1v) is 10.0. The number of carbonyl (C=O) groups excluding carboxylic acids is 1. The van der Waals surface area contributed by atoms with Gasteiger partial charge in [-0.1, -0.05) is 12.5 Å². The smallest absolute Gasteiger partial charge is 0.267 e. The summed E-state index contributed by atoms with van der Waals surface area (Å²) in [6.45, 7) is 1.37. The summed E-state index contributed by atoms with van der Waals surface area (Å²) in [6.07, 6.45) is 7.07.